The number of benzene rings is 1. The molecule has 2 heterocycles. The zero-order valence-corrected chi connectivity index (χ0v) is 11.2. The van der Waals surface area contributed by atoms with Crippen LogP contribution in [0.3, 0.4) is 0 Å². The highest BCUT2D eigenvalue weighted by atomic mass is 32.1. The lowest BCUT2D eigenvalue weighted by atomic mass is 10.2. The topological polar surface area (TPSA) is 61.4 Å². The van der Waals surface area contributed by atoms with Gasteiger partial charge in [0, 0.05) is 0 Å². The van der Waals surface area contributed by atoms with Crippen molar-refractivity contribution in [3.05, 3.63) is 42.1 Å². The minimum Gasteiger partial charge on any atom is -0.254 e. The molecule has 3 rings (SSSR count). The zero-order valence-electron chi connectivity index (χ0n) is 10.3. The summed E-state index contributed by atoms with van der Waals surface area (Å²) in [5.74, 6) is 0.534. The van der Waals surface area contributed by atoms with Crippen LogP contribution >= 0.6 is 12.6 Å². The molecule has 0 bridgehead atoms. The van der Waals surface area contributed by atoms with E-state index in [9.17, 15) is 0 Å². The van der Waals surface area contributed by atoms with Crippen molar-refractivity contribution >= 4 is 12.6 Å². The largest absolute Gasteiger partial charge is 0.254 e. The van der Waals surface area contributed by atoms with Crippen molar-refractivity contribution in [1.29, 1.82) is 0 Å². The van der Waals surface area contributed by atoms with Gasteiger partial charge in [0.1, 0.15) is 5.03 Å². The lowest BCUT2D eigenvalue weighted by Gasteiger charge is -2.03. The quantitative estimate of drug-likeness (QED) is 0.732. The highest BCUT2D eigenvalue weighted by molar-refractivity contribution is 7.80. The first kappa shape index (κ1) is 11.9. The molecule has 0 radical (unpaired) electrons. The molecule has 19 heavy (non-hydrogen) atoms. The molecule has 3 aromatic rings. The predicted octanol–water partition coefficient (Wildman–Crippen LogP) is 1.41. The standard InChI is InChI=1S/C12H12N6S/c1-17-15-11(14-16-17)10-7-13-18(12(10)19)8-9-5-3-2-4-6-9/h2-7,19H,8H2,1H3. The molecule has 0 aliphatic rings. The molecular weight excluding hydrogens is 260 g/mol. The van der Waals surface area contributed by atoms with Gasteiger partial charge in [-0.15, -0.1) is 22.8 Å². The number of hydrogen-bond donors (Lipinski definition) is 1. The molecule has 0 unspecified atom stereocenters. The highest BCUT2D eigenvalue weighted by Crippen LogP contribution is 2.23. The maximum Gasteiger partial charge on any atom is 0.209 e. The Morgan fingerprint density at radius 2 is 2.00 bits per heavy atom. The van der Waals surface area contributed by atoms with E-state index in [0.717, 1.165) is 10.6 Å². The molecule has 6 nitrogen and oxygen atoms in total. The molecule has 7 heteroatoms. The molecule has 96 valence electrons. The Hall–Kier alpha value is -2.15. The third-order valence-corrected chi connectivity index (χ3v) is 3.21. The third kappa shape index (κ3) is 2.37. The Kier molecular flexibility index (Phi) is 3.04. The van der Waals surface area contributed by atoms with E-state index in [-0.39, 0.29) is 0 Å². The summed E-state index contributed by atoms with van der Waals surface area (Å²) in [6, 6.07) is 10.1. The SMILES string of the molecule is Cn1nnc(-c2cnn(Cc3ccccc3)c2S)n1. The molecule has 0 aliphatic heterocycles. The van der Waals surface area contributed by atoms with E-state index in [1.54, 1.807) is 13.2 Å². The summed E-state index contributed by atoms with van der Waals surface area (Å²) in [6.45, 7) is 0.667. The molecular formula is C12H12N6S. The fourth-order valence-corrected chi connectivity index (χ4v) is 2.08. The summed E-state index contributed by atoms with van der Waals surface area (Å²) in [4.78, 5) is 1.41. The van der Waals surface area contributed by atoms with Gasteiger partial charge in [-0.3, -0.25) is 4.68 Å². The van der Waals surface area contributed by atoms with Crippen LogP contribution in [0.2, 0.25) is 0 Å². The summed E-state index contributed by atoms with van der Waals surface area (Å²) in [6.07, 6.45) is 1.71. The summed E-state index contributed by atoms with van der Waals surface area (Å²) in [5, 5.41) is 17.0. The van der Waals surface area contributed by atoms with Crippen molar-refractivity contribution < 1.29 is 0 Å². The summed E-state index contributed by atoms with van der Waals surface area (Å²) in [7, 11) is 1.73. The number of rotatable bonds is 3. The van der Waals surface area contributed by atoms with E-state index in [0.29, 0.717) is 12.4 Å². The Morgan fingerprint density at radius 3 is 2.68 bits per heavy atom. The molecule has 0 saturated carbocycles. The van der Waals surface area contributed by atoms with Crippen LogP contribution in [0.1, 0.15) is 5.56 Å². The molecule has 0 aliphatic carbocycles. The lowest BCUT2D eigenvalue weighted by Crippen LogP contribution is -2.02. The maximum absolute atomic E-state index is 4.50. The van der Waals surface area contributed by atoms with E-state index in [4.69, 9.17) is 0 Å². The van der Waals surface area contributed by atoms with Crippen LogP contribution in [0.25, 0.3) is 11.4 Å². The molecule has 2 aromatic heterocycles. The first-order valence-corrected chi connectivity index (χ1v) is 6.22. The zero-order chi connectivity index (χ0) is 13.2. The molecule has 0 amide bonds. The van der Waals surface area contributed by atoms with Crippen LogP contribution in [-0.4, -0.2) is 30.0 Å². The van der Waals surface area contributed by atoms with Crippen molar-refractivity contribution in [3.63, 3.8) is 0 Å². The van der Waals surface area contributed by atoms with E-state index in [1.807, 2.05) is 22.9 Å². The van der Waals surface area contributed by atoms with E-state index in [1.165, 1.54) is 10.4 Å². The predicted molar refractivity (Wildman–Crippen MR) is 72.8 cm³/mol. The first-order chi connectivity index (χ1) is 9.24. The van der Waals surface area contributed by atoms with Gasteiger partial charge in [0.2, 0.25) is 5.82 Å². The average molecular weight is 272 g/mol. The maximum atomic E-state index is 4.50. The van der Waals surface area contributed by atoms with Gasteiger partial charge in [0.15, 0.2) is 0 Å². The summed E-state index contributed by atoms with van der Waals surface area (Å²) >= 11 is 4.50. The average Bonchev–Trinajstić information content (AvgIpc) is 2.99. The van der Waals surface area contributed by atoms with Gasteiger partial charge in [0.05, 0.1) is 25.4 Å². The Balaban J connectivity index is 1.91. The first-order valence-electron chi connectivity index (χ1n) is 5.77. The Bertz CT molecular complexity index is 687. The number of nitrogens with zero attached hydrogens (tertiary/aromatic N) is 6. The molecule has 0 spiro atoms. The summed E-state index contributed by atoms with van der Waals surface area (Å²) in [5.41, 5.74) is 1.95. The molecule has 0 saturated heterocycles. The van der Waals surface area contributed by atoms with Crippen molar-refractivity contribution in [2.45, 2.75) is 11.6 Å². The minimum absolute atomic E-state index is 0.534. The highest BCUT2D eigenvalue weighted by Gasteiger charge is 2.13. The van der Waals surface area contributed by atoms with Crippen molar-refractivity contribution in [2.75, 3.05) is 0 Å². The smallest absolute Gasteiger partial charge is 0.209 e. The van der Waals surface area contributed by atoms with Crippen LogP contribution in [0.15, 0.2) is 41.6 Å². The Morgan fingerprint density at radius 1 is 1.21 bits per heavy atom. The number of aromatic nitrogens is 6. The van der Waals surface area contributed by atoms with Crippen molar-refractivity contribution in [1.82, 2.24) is 30.0 Å². The van der Waals surface area contributed by atoms with E-state index in [2.05, 4.69) is 45.3 Å². The number of tetrazole rings is 1. The van der Waals surface area contributed by atoms with E-state index < -0.39 is 0 Å². The van der Waals surface area contributed by atoms with Gasteiger partial charge in [-0.1, -0.05) is 30.3 Å². The summed E-state index contributed by atoms with van der Waals surface area (Å²) < 4.78 is 1.81. The fraction of sp³-hybridized carbons (Fsp3) is 0.167. The third-order valence-electron chi connectivity index (χ3n) is 2.74. The second kappa shape index (κ2) is 4.85. The van der Waals surface area contributed by atoms with Crippen molar-refractivity contribution in [2.24, 2.45) is 7.05 Å². The van der Waals surface area contributed by atoms with Gasteiger partial charge < -0.3 is 0 Å². The van der Waals surface area contributed by atoms with Gasteiger partial charge >= 0.3 is 0 Å². The van der Waals surface area contributed by atoms with Crippen LogP contribution in [-0.2, 0) is 13.6 Å². The molecule has 0 fully saturated rings. The Labute approximate surface area is 115 Å². The molecule has 0 N–H and O–H groups in total. The van der Waals surface area contributed by atoms with Crippen LogP contribution in [0.5, 0.6) is 0 Å². The van der Waals surface area contributed by atoms with Gasteiger partial charge in [-0.25, -0.2) is 0 Å². The number of aryl methyl sites for hydroxylation is 1. The van der Waals surface area contributed by atoms with Crippen molar-refractivity contribution in [3.8, 4) is 11.4 Å². The van der Waals surface area contributed by atoms with Gasteiger partial charge in [-0.2, -0.15) is 9.90 Å². The normalized spacial score (nSPS) is 10.8. The second-order valence-electron chi connectivity index (χ2n) is 4.13. The van der Waals surface area contributed by atoms with Gasteiger partial charge in [0.25, 0.3) is 0 Å². The monoisotopic (exact) mass is 272 g/mol. The second-order valence-corrected chi connectivity index (χ2v) is 4.55. The van der Waals surface area contributed by atoms with Crippen LogP contribution in [0.4, 0.5) is 0 Å². The lowest BCUT2D eigenvalue weighted by molar-refractivity contribution is 0.628. The fourth-order valence-electron chi connectivity index (χ4n) is 1.80. The van der Waals surface area contributed by atoms with Crippen LogP contribution < -0.4 is 0 Å². The number of thiol groups is 1. The molecule has 0 atom stereocenters. The van der Waals surface area contributed by atoms with E-state index >= 15 is 0 Å². The minimum atomic E-state index is 0.534. The van der Waals surface area contributed by atoms with Crippen LogP contribution in [0, 0.1) is 0 Å². The number of hydrogen-bond acceptors (Lipinski definition) is 5. The molecule has 1 aromatic carbocycles. The van der Waals surface area contributed by atoms with Gasteiger partial charge in [-0.05, 0) is 10.8 Å².